The fourth-order valence-corrected chi connectivity index (χ4v) is 2.57. The van der Waals surface area contributed by atoms with Crippen LogP contribution in [0.2, 0.25) is 0 Å². The lowest BCUT2D eigenvalue weighted by Crippen LogP contribution is -2.57. The summed E-state index contributed by atoms with van der Waals surface area (Å²) in [4.78, 5) is 3.54. The Balaban J connectivity index is 2.50. The van der Waals surface area contributed by atoms with Crippen molar-refractivity contribution in [2.24, 2.45) is 0 Å². The molecule has 1 N–H and O–H groups in total. The molecule has 1 fully saturated rings. The van der Waals surface area contributed by atoms with Crippen molar-refractivity contribution in [3.63, 3.8) is 0 Å². The van der Waals surface area contributed by atoms with E-state index in [4.69, 9.17) is 0 Å². The van der Waals surface area contributed by atoms with Crippen LogP contribution in [0.15, 0.2) is 0 Å². The molecule has 1 aliphatic rings. The number of piperazine rings is 1. The van der Waals surface area contributed by atoms with Gasteiger partial charge in [-0.3, -0.25) is 9.80 Å². The van der Waals surface area contributed by atoms with E-state index in [1.165, 1.54) is 4.90 Å². The van der Waals surface area contributed by atoms with Crippen LogP contribution >= 0.6 is 0 Å². The average Bonchev–Trinajstić information content (AvgIpc) is 2.31. The summed E-state index contributed by atoms with van der Waals surface area (Å²) in [5.41, 5.74) is -0.716. The van der Waals surface area contributed by atoms with Gasteiger partial charge in [-0.05, 0) is 19.8 Å². The third-order valence-corrected chi connectivity index (χ3v) is 4.07. The van der Waals surface area contributed by atoms with Crippen molar-refractivity contribution >= 4 is 0 Å². The van der Waals surface area contributed by atoms with Crippen molar-refractivity contribution < 1.29 is 18.3 Å². The Morgan fingerprint density at radius 1 is 1.11 bits per heavy atom. The number of aliphatic hydroxyl groups is 1. The second-order valence-electron chi connectivity index (χ2n) is 5.60. The highest BCUT2D eigenvalue weighted by Gasteiger charge is 2.36. The molecule has 1 unspecified atom stereocenters. The van der Waals surface area contributed by atoms with E-state index in [-0.39, 0.29) is 6.04 Å². The summed E-state index contributed by atoms with van der Waals surface area (Å²) in [6, 6.07) is -0.131. The largest absolute Gasteiger partial charge is 0.401 e. The van der Waals surface area contributed by atoms with Crippen LogP contribution in [0.4, 0.5) is 13.2 Å². The van der Waals surface area contributed by atoms with Gasteiger partial charge in [0.25, 0.3) is 0 Å². The molecule has 0 aromatic heterocycles. The van der Waals surface area contributed by atoms with Gasteiger partial charge < -0.3 is 5.11 Å². The Bertz CT molecular complexity index is 280. The Morgan fingerprint density at radius 2 is 1.68 bits per heavy atom. The fourth-order valence-electron chi connectivity index (χ4n) is 2.57. The molecular formula is C13H25F3N2O. The standard InChI is InChI=1S/C13H25F3N2O/c1-4-12(19,5-2)9-17-6-7-18(11(3)8-17)10-13(14,15)16/h11,19H,4-10H2,1-3H3. The number of halogens is 3. The fraction of sp³-hybridized carbons (Fsp3) is 1.00. The normalized spacial score (nSPS) is 23.8. The highest BCUT2D eigenvalue weighted by atomic mass is 19.4. The molecule has 114 valence electrons. The quantitative estimate of drug-likeness (QED) is 0.836. The smallest absolute Gasteiger partial charge is 0.389 e. The van der Waals surface area contributed by atoms with Crippen LogP contribution in [0.3, 0.4) is 0 Å². The first-order valence-electron chi connectivity index (χ1n) is 6.94. The Hall–Kier alpha value is -0.330. The molecule has 0 amide bonds. The van der Waals surface area contributed by atoms with E-state index in [1.807, 2.05) is 20.8 Å². The summed E-state index contributed by atoms with van der Waals surface area (Å²) in [5, 5.41) is 10.3. The molecular weight excluding hydrogens is 257 g/mol. The topological polar surface area (TPSA) is 26.7 Å². The number of β-amino-alcohol motifs (C(OH)–C–C–N with tert-alkyl or cyclic N) is 1. The number of nitrogens with zero attached hydrogens (tertiary/aromatic N) is 2. The van der Waals surface area contributed by atoms with E-state index in [9.17, 15) is 18.3 Å². The van der Waals surface area contributed by atoms with Gasteiger partial charge in [-0.2, -0.15) is 13.2 Å². The maximum absolute atomic E-state index is 12.4. The van der Waals surface area contributed by atoms with Crippen LogP contribution in [0, 0.1) is 0 Å². The molecule has 3 nitrogen and oxygen atoms in total. The number of hydrogen-bond donors (Lipinski definition) is 1. The van der Waals surface area contributed by atoms with E-state index >= 15 is 0 Å². The molecule has 1 saturated heterocycles. The monoisotopic (exact) mass is 282 g/mol. The molecule has 1 heterocycles. The molecule has 0 radical (unpaired) electrons. The van der Waals surface area contributed by atoms with Crippen LogP contribution < -0.4 is 0 Å². The van der Waals surface area contributed by atoms with Gasteiger partial charge in [0, 0.05) is 32.2 Å². The van der Waals surface area contributed by atoms with Gasteiger partial charge in [0.1, 0.15) is 0 Å². The summed E-state index contributed by atoms with van der Waals surface area (Å²) < 4.78 is 37.2. The van der Waals surface area contributed by atoms with E-state index in [1.54, 1.807) is 0 Å². The maximum Gasteiger partial charge on any atom is 0.401 e. The Morgan fingerprint density at radius 3 is 2.11 bits per heavy atom. The number of rotatable bonds is 5. The minimum Gasteiger partial charge on any atom is -0.389 e. The number of hydrogen-bond acceptors (Lipinski definition) is 3. The van der Waals surface area contributed by atoms with Gasteiger partial charge in [0.2, 0.25) is 0 Å². The summed E-state index contributed by atoms with van der Waals surface area (Å²) >= 11 is 0. The Labute approximate surface area is 113 Å². The first kappa shape index (κ1) is 16.7. The summed E-state index contributed by atoms with van der Waals surface area (Å²) in [6.07, 6.45) is -2.80. The van der Waals surface area contributed by atoms with Gasteiger partial charge in [-0.1, -0.05) is 13.8 Å². The molecule has 0 aromatic rings. The average molecular weight is 282 g/mol. The summed E-state index contributed by atoms with van der Waals surface area (Å²) in [7, 11) is 0. The lowest BCUT2D eigenvalue weighted by atomic mass is 9.96. The minimum atomic E-state index is -4.13. The molecule has 0 bridgehead atoms. The molecule has 0 aromatic carbocycles. The second-order valence-corrected chi connectivity index (χ2v) is 5.60. The first-order valence-corrected chi connectivity index (χ1v) is 6.94. The zero-order chi connectivity index (χ0) is 14.7. The SMILES string of the molecule is CCC(O)(CC)CN1CCN(CC(F)(F)F)C(C)C1. The molecule has 19 heavy (non-hydrogen) atoms. The third kappa shape index (κ3) is 5.28. The molecule has 0 aliphatic carbocycles. The van der Waals surface area contributed by atoms with Crippen LogP contribution in [0.5, 0.6) is 0 Å². The van der Waals surface area contributed by atoms with E-state index in [0.29, 0.717) is 39.0 Å². The molecule has 1 rings (SSSR count). The van der Waals surface area contributed by atoms with Gasteiger partial charge in [0.05, 0.1) is 12.1 Å². The highest BCUT2D eigenvalue weighted by Crippen LogP contribution is 2.22. The van der Waals surface area contributed by atoms with Crippen molar-refractivity contribution in [1.29, 1.82) is 0 Å². The lowest BCUT2D eigenvalue weighted by molar-refractivity contribution is -0.156. The summed E-state index contributed by atoms with van der Waals surface area (Å²) in [5.74, 6) is 0. The number of alkyl halides is 3. The van der Waals surface area contributed by atoms with E-state index in [2.05, 4.69) is 4.90 Å². The van der Waals surface area contributed by atoms with E-state index in [0.717, 1.165) is 0 Å². The zero-order valence-electron chi connectivity index (χ0n) is 12.0. The van der Waals surface area contributed by atoms with Gasteiger partial charge in [-0.25, -0.2) is 0 Å². The molecule has 1 atom stereocenters. The second kappa shape index (κ2) is 6.41. The van der Waals surface area contributed by atoms with Crippen LogP contribution in [-0.2, 0) is 0 Å². The molecule has 6 heteroatoms. The third-order valence-electron chi connectivity index (χ3n) is 4.07. The van der Waals surface area contributed by atoms with Crippen molar-refractivity contribution in [2.45, 2.75) is 51.4 Å². The van der Waals surface area contributed by atoms with E-state index < -0.39 is 18.3 Å². The first-order chi connectivity index (χ1) is 8.69. The Kier molecular flexibility index (Phi) is 5.65. The van der Waals surface area contributed by atoms with Gasteiger partial charge in [-0.15, -0.1) is 0 Å². The van der Waals surface area contributed by atoms with Crippen molar-refractivity contribution in [3.8, 4) is 0 Å². The van der Waals surface area contributed by atoms with Gasteiger partial charge >= 0.3 is 6.18 Å². The van der Waals surface area contributed by atoms with Crippen molar-refractivity contribution in [2.75, 3.05) is 32.7 Å². The predicted octanol–water partition coefficient (Wildman–Crippen LogP) is 2.11. The lowest BCUT2D eigenvalue weighted by Gasteiger charge is -2.42. The van der Waals surface area contributed by atoms with Crippen LogP contribution in [0.1, 0.15) is 33.6 Å². The molecule has 0 saturated carbocycles. The predicted molar refractivity (Wildman–Crippen MR) is 69.1 cm³/mol. The summed E-state index contributed by atoms with van der Waals surface area (Å²) in [6.45, 7) is 6.97. The maximum atomic E-state index is 12.4. The van der Waals surface area contributed by atoms with Gasteiger partial charge in [0.15, 0.2) is 0 Å². The van der Waals surface area contributed by atoms with Crippen LogP contribution in [-0.4, -0.2) is 65.4 Å². The molecule has 1 aliphatic heterocycles. The minimum absolute atomic E-state index is 0.131. The van der Waals surface area contributed by atoms with Crippen molar-refractivity contribution in [1.82, 2.24) is 9.80 Å². The van der Waals surface area contributed by atoms with Crippen LogP contribution in [0.25, 0.3) is 0 Å². The molecule has 0 spiro atoms. The van der Waals surface area contributed by atoms with Crippen molar-refractivity contribution in [3.05, 3.63) is 0 Å². The zero-order valence-corrected chi connectivity index (χ0v) is 12.0. The highest BCUT2D eigenvalue weighted by molar-refractivity contribution is 4.86.